The second-order valence-corrected chi connectivity index (χ2v) is 23.2. The molecule has 5 rings (SSSR count). The van der Waals surface area contributed by atoms with Gasteiger partial charge in [0.05, 0.1) is 0 Å². The van der Waals surface area contributed by atoms with Gasteiger partial charge in [-0.15, -0.1) is 0 Å². The zero-order valence-electron chi connectivity index (χ0n) is 43.5. The van der Waals surface area contributed by atoms with E-state index in [2.05, 4.69) is 165 Å². The van der Waals surface area contributed by atoms with Gasteiger partial charge in [-0.1, -0.05) is 145 Å². The lowest BCUT2D eigenvalue weighted by atomic mass is 9.63. The standard InChI is InChI=1S/3C11H23N.2C10H21N/c1-9(2)11(10(3)4)5-7-12-8-6-11;1-9(2)11(10(3)4)6-5-7-12-8-11;1-9(2)11(10(3)4)7-5-6-8-12-11;1-8(2)10(9(3)4)5-6-11-7-10;1-8(2)10(9(3)4)6-5-7-11-10/h3*9-10,12H,5-8H2,1-4H3;2*8-9,11H,5-7H2,1-4H3. The van der Waals surface area contributed by atoms with Gasteiger partial charge in [0, 0.05) is 24.2 Å². The normalized spacial score (nSPS) is 23.5. The minimum atomic E-state index is 0.429. The van der Waals surface area contributed by atoms with Gasteiger partial charge in [-0.2, -0.15) is 0 Å². The summed E-state index contributed by atoms with van der Waals surface area (Å²) < 4.78 is 0. The van der Waals surface area contributed by atoms with E-state index in [1.165, 1.54) is 117 Å². The third kappa shape index (κ3) is 14.4. The maximum absolute atomic E-state index is 3.73. The van der Waals surface area contributed by atoms with E-state index in [0.717, 1.165) is 59.2 Å². The van der Waals surface area contributed by atoms with Gasteiger partial charge < -0.3 is 26.6 Å². The Morgan fingerprint density at radius 3 is 0.776 bits per heavy atom. The fraction of sp³-hybridized carbons (Fsp3) is 1.00. The van der Waals surface area contributed by atoms with Crippen LogP contribution in [0.2, 0.25) is 0 Å². The van der Waals surface area contributed by atoms with E-state index in [9.17, 15) is 0 Å². The van der Waals surface area contributed by atoms with Crippen LogP contribution in [0.15, 0.2) is 0 Å². The molecular formula is C53H111N5. The second-order valence-electron chi connectivity index (χ2n) is 23.2. The monoisotopic (exact) mass is 818 g/mol. The zero-order chi connectivity index (χ0) is 44.5. The summed E-state index contributed by atoms with van der Waals surface area (Å²) in [4.78, 5) is 0. The molecule has 0 amide bonds. The molecule has 0 saturated carbocycles. The summed E-state index contributed by atoms with van der Waals surface area (Å²) in [5.74, 6) is 7.98. The first-order valence-corrected chi connectivity index (χ1v) is 25.6. The van der Waals surface area contributed by atoms with Gasteiger partial charge in [0.25, 0.3) is 0 Å². The van der Waals surface area contributed by atoms with Crippen LogP contribution in [0.1, 0.15) is 203 Å². The number of rotatable bonds is 10. The van der Waals surface area contributed by atoms with Gasteiger partial charge in [-0.3, -0.25) is 0 Å². The van der Waals surface area contributed by atoms with Crippen LogP contribution in [0.5, 0.6) is 0 Å². The fourth-order valence-electron chi connectivity index (χ4n) is 12.7. The average Bonchev–Trinajstić information content (AvgIpc) is 3.89. The van der Waals surface area contributed by atoms with E-state index in [4.69, 9.17) is 0 Å². The molecule has 0 atom stereocenters. The summed E-state index contributed by atoms with van der Waals surface area (Å²) >= 11 is 0. The molecule has 348 valence electrons. The van der Waals surface area contributed by atoms with Crippen LogP contribution in [0.4, 0.5) is 0 Å². The maximum Gasteiger partial charge on any atom is 0.0227 e. The number of hydrogen-bond acceptors (Lipinski definition) is 5. The molecule has 0 spiro atoms. The van der Waals surface area contributed by atoms with Crippen LogP contribution in [0.3, 0.4) is 0 Å². The zero-order valence-corrected chi connectivity index (χ0v) is 43.5. The minimum Gasteiger partial charge on any atom is -0.317 e. The van der Waals surface area contributed by atoms with Gasteiger partial charge >= 0.3 is 0 Å². The van der Waals surface area contributed by atoms with E-state index < -0.39 is 0 Å². The predicted molar refractivity (Wildman–Crippen MR) is 262 cm³/mol. The Morgan fingerprint density at radius 2 is 0.569 bits per heavy atom. The van der Waals surface area contributed by atoms with E-state index >= 15 is 0 Å². The molecule has 0 aromatic heterocycles. The van der Waals surface area contributed by atoms with Gasteiger partial charge in [-0.25, -0.2) is 0 Å². The van der Waals surface area contributed by atoms with Crippen molar-refractivity contribution in [3.8, 4) is 0 Å². The molecular weight excluding hydrogens is 707 g/mol. The molecule has 5 heterocycles. The maximum atomic E-state index is 3.73. The molecule has 5 aliphatic heterocycles. The Kier molecular flexibility index (Phi) is 24.8. The Morgan fingerprint density at radius 1 is 0.259 bits per heavy atom. The van der Waals surface area contributed by atoms with Crippen molar-refractivity contribution < 1.29 is 0 Å². The van der Waals surface area contributed by atoms with Gasteiger partial charge in [0.15, 0.2) is 0 Å². The van der Waals surface area contributed by atoms with Crippen LogP contribution in [0, 0.1) is 75.4 Å². The summed E-state index contributed by atoms with van der Waals surface area (Å²) in [7, 11) is 0. The van der Waals surface area contributed by atoms with Crippen molar-refractivity contribution in [1.82, 2.24) is 26.6 Å². The highest BCUT2D eigenvalue weighted by Crippen LogP contribution is 2.44. The molecule has 5 heteroatoms. The van der Waals surface area contributed by atoms with Gasteiger partial charge in [-0.05, 0) is 172 Å². The van der Waals surface area contributed by atoms with E-state index in [0.29, 0.717) is 27.3 Å². The molecule has 0 aromatic carbocycles. The Labute approximate surface area is 366 Å². The summed E-state index contributed by atoms with van der Waals surface area (Å²) in [5.41, 5.74) is 2.64. The minimum absolute atomic E-state index is 0.429. The number of hydrogen-bond donors (Lipinski definition) is 5. The van der Waals surface area contributed by atoms with Crippen LogP contribution < -0.4 is 26.6 Å². The summed E-state index contributed by atoms with van der Waals surface area (Å²) in [6.45, 7) is 56.9. The average molecular weight is 819 g/mol. The third-order valence-corrected chi connectivity index (χ3v) is 17.9. The molecule has 5 fully saturated rings. The van der Waals surface area contributed by atoms with Crippen LogP contribution >= 0.6 is 0 Å². The lowest BCUT2D eigenvalue weighted by Crippen LogP contribution is -2.56. The summed E-state index contributed by atoms with van der Waals surface area (Å²) in [6.07, 6.45) is 13.7. The first kappa shape index (κ1) is 55.8. The fourth-order valence-corrected chi connectivity index (χ4v) is 12.7. The SMILES string of the molecule is CC(C)C1(C(C)C)CCCCN1.CC(C)C1(C(C)C)CCCN1.CC(C)C1(C(C)C)CCCNC1.CC(C)C1(C(C)C)CCNC1.CC(C)C1(C(C)C)CCNCC1. The molecule has 5 aliphatic rings. The molecule has 0 radical (unpaired) electrons. The Bertz CT molecular complexity index is 860. The van der Waals surface area contributed by atoms with E-state index in [-0.39, 0.29) is 0 Å². The highest BCUT2D eigenvalue weighted by Gasteiger charge is 2.42. The highest BCUT2D eigenvalue weighted by atomic mass is 15.0. The van der Waals surface area contributed by atoms with Gasteiger partial charge in [0.2, 0.25) is 0 Å². The van der Waals surface area contributed by atoms with Crippen molar-refractivity contribution in [3.05, 3.63) is 0 Å². The predicted octanol–water partition coefficient (Wildman–Crippen LogP) is 12.8. The quantitative estimate of drug-likeness (QED) is 0.152. The first-order valence-electron chi connectivity index (χ1n) is 25.6. The lowest BCUT2D eigenvalue weighted by Gasteiger charge is -2.45. The third-order valence-electron chi connectivity index (χ3n) is 17.9. The Hall–Kier alpha value is -0.200. The van der Waals surface area contributed by atoms with Crippen molar-refractivity contribution in [2.24, 2.45) is 75.4 Å². The van der Waals surface area contributed by atoms with E-state index in [1.54, 1.807) is 0 Å². The molecule has 5 saturated heterocycles. The topological polar surface area (TPSA) is 60.1 Å². The molecule has 0 aliphatic carbocycles. The van der Waals surface area contributed by atoms with Crippen LogP contribution in [0.25, 0.3) is 0 Å². The van der Waals surface area contributed by atoms with Crippen LogP contribution in [-0.4, -0.2) is 63.4 Å². The summed E-state index contributed by atoms with van der Waals surface area (Å²) in [5, 5.41) is 17.9. The van der Waals surface area contributed by atoms with Gasteiger partial charge in [0.1, 0.15) is 0 Å². The van der Waals surface area contributed by atoms with Crippen molar-refractivity contribution in [3.63, 3.8) is 0 Å². The molecule has 5 nitrogen and oxygen atoms in total. The van der Waals surface area contributed by atoms with Crippen molar-refractivity contribution in [2.75, 3.05) is 52.4 Å². The van der Waals surface area contributed by atoms with Crippen molar-refractivity contribution in [1.29, 1.82) is 0 Å². The smallest absolute Gasteiger partial charge is 0.0227 e. The highest BCUT2D eigenvalue weighted by molar-refractivity contribution is 4.98. The largest absolute Gasteiger partial charge is 0.317 e. The molecule has 5 N–H and O–H groups in total. The second kappa shape index (κ2) is 25.8. The van der Waals surface area contributed by atoms with Crippen molar-refractivity contribution in [2.45, 2.75) is 214 Å². The van der Waals surface area contributed by atoms with Crippen molar-refractivity contribution >= 4 is 0 Å². The summed E-state index contributed by atoms with van der Waals surface area (Å²) in [6, 6.07) is 0. The van der Waals surface area contributed by atoms with E-state index in [1.807, 2.05) is 0 Å². The first-order chi connectivity index (χ1) is 27.0. The van der Waals surface area contributed by atoms with Crippen LogP contribution in [-0.2, 0) is 0 Å². The molecule has 0 unspecified atom stereocenters. The molecule has 0 bridgehead atoms. The number of nitrogens with one attached hydrogen (secondary N) is 5. The Balaban J connectivity index is 0.000000363. The number of piperidine rings is 3. The molecule has 0 aromatic rings. The lowest BCUT2D eigenvalue weighted by molar-refractivity contribution is 0.0671. The molecule has 58 heavy (non-hydrogen) atoms.